The summed E-state index contributed by atoms with van der Waals surface area (Å²) in [5.41, 5.74) is -0.101. The highest BCUT2D eigenvalue weighted by atomic mass is 16.7. The summed E-state index contributed by atoms with van der Waals surface area (Å²) in [4.78, 5) is 46.9. The van der Waals surface area contributed by atoms with Gasteiger partial charge >= 0.3 is 0 Å². The Morgan fingerprint density at radius 1 is 0.595 bits per heavy atom. The molecule has 227 valence electrons. The van der Waals surface area contributed by atoms with Crippen LogP contribution in [0.1, 0.15) is 76.6 Å². The summed E-state index contributed by atoms with van der Waals surface area (Å²) in [5.74, 6) is -2.50. The lowest BCUT2D eigenvalue weighted by atomic mass is 10.0. The first kappa shape index (κ1) is 35.5. The SMILES string of the molecule is C.CC(=O)c1c(O)c(O)c(C(C)=O)c2c1OCO2.COCOc1c(OCOC)c(C(C)=O)c2c(c1C(C)=O)OCO2.[B]. The Balaban J connectivity index is 0.000000416. The quantitative estimate of drug-likeness (QED) is 0.178. The van der Waals surface area contributed by atoms with E-state index in [1.807, 2.05) is 0 Å². The monoisotopic (exact) mass is 591 g/mol. The second-order valence-corrected chi connectivity index (χ2v) is 8.31. The summed E-state index contributed by atoms with van der Waals surface area (Å²) in [7, 11) is 2.87. The number of carbonyl (C=O) groups excluding carboxylic acids is 4. The van der Waals surface area contributed by atoms with Gasteiger partial charge in [-0.3, -0.25) is 19.2 Å². The van der Waals surface area contributed by atoms with Gasteiger partial charge in [-0.2, -0.15) is 0 Å². The molecule has 15 heteroatoms. The maximum atomic E-state index is 12.1. The van der Waals surface area contributed by atoms with Crippen molar-refractivity contribution < 1.29 is 67.3 Å². The molecule has 0 fully saturated rings. The Morgan fingerprint density at radius 3 is 1.10 bits per heavy atom. The van der Waals surface area contributed by atoms with Crippen LogP contribution in [0.15, 0.2) is 0 Å². The van der Waals surface area contributed by atoms with Gasteiger partial charge in [-0.15, -0.1) is 0 Å². The van der Waals surface area contributed by atoms with Crippen molar-refractivity contribution in [3.8, 4) is 46.0 Å². The number of rotatable bonds is 10. The van der Waals surface area contributed by atoms with E-state index >= 15 is 0 Å². The highest BCUT2D eigenvalue weighted by Crippen LogP contribution is 2.52. The van der Waals surface area contributed by atoms with E-state index in [0.29, 0.717) is 0 Å². The smallest absolute Gasteiger partial charge is 0.231 e. The number of benzene rings is 2. The average molecular weight is 591 g/mol. The van der Waals surface area contributed by atoms with Crippen LogP contribution >= 0.6 is 0 Å². The fourth-order valence-electron chi connectivity index (χ4n) is 3.99. The van der Waals surface area contributed by atoms with Crippen molar-refractivity contribution in [1.82, 2.24) is 0 Å². The number of carbonyl (C=O) groups is 4. The lowest BCUT2D eigenvalue weighted by Crippen LogP contribution is -2.12. The van der Waals surface area contributed by atoms with Crippen LogP contribution in [0.5, 0.6) is 46.0 Å². The third-order valence-corrected chi connectivity index (χ3v) is 5.54. The lowest BCUT2D eigenvalue weighted by Gasteiger charge is -2.19. The number of ether oxygens (including phenoxy) is 8. The average Bonchev–Trinajstić information content (AvgIpc) is 3.55. The molecule has 0 bridgehead atoms. The number of aromatic hydroxyl groups is 2. The maximum absolute atomic E-state index is 12.1. The highest BCUT2D eigenvalue weighted by Gasteiger charge is 2.36. The molecule has 14 nitrogen and oxygen atoms in total. The van der Waals surface area contributed by atoms with Crippen molar-refractivity contribution in [2.75, 3.05) is 41.4 Å². The van der Waals surface area contributed by atoms with E-state index in [2.05, 4.69) is 0 Å². The van der Waals surface area contributed by atoms with Crippen molar-refractivity contribution in [2.45, 2.75) is 35.1 Å². The first-order chi connectivity index (χ1) is 19.0. The van der Waals surface area contributed by atoms with Crippen LogP contribution in [-0.2, 0) is 9.47 Å². The van der Waals surface area contributed by atoms with Gasteiger partial charge in [0.15, 0.2) is 82.7 Å². The molecule has 2 aliphatic rings. The largest absolute Gasteiger partial charge is 0.504 e. The third-order valence-electron chi connectivity index (χ3n) is 5.54. The summed E-state index contributed by atoms with van der Waals surface area (Å²) in [6.07, 6.45) is 0. The predicted molar refractivity (Wildman–Crippen MR) is 146 cm³/mol. The van der Waals surface area contributed by atoms with Gasteiger partial charge in [-0.1, -0.05) is 7.43 Å². The number of fused-ring (bicyclic) bond motifs is 2. The topological polar surface area (TPSA) is 183 Å². The molecule has 2 aliphatic heterocycles. The van der Waals surface area contributed by atoms with Gasteiger partial charge in [0.05, 0.1) is 0 Å². The van der Waals surface area contributed by atoms with Gasteiger partial charge in [-0.05, 0) is 27.7 Å². The Kier molecular flexibility index (Phi) is 12.6. The van der Waals surface area contributed by atoms with Crippen molar-refractivity contribution in [1.29, 1.82) is 0 Å². The molecule has 0 aliphatic carbocycles. The molecule has 0 unspecified atom stereocenters. The number of phenolic OH excluding ortho intramolecular Hbond substituents is 2. The molecule has 0 atom stereocenters. The van der Waals surface area contributed by atoms with Crippen LogP contribution in [0.2, 0.25) is 0 Å². The fourth-order valence-corrected chi connectivity index (χ4v) is 3.99. The van der Waals surface area contributed by atoms with Gasteiger partial charge < -0.3 is 48.1 Å². The maximum Gasteiger partial charge on any atom is 0.231 e. The zero-order chi connectivity index (χ0) is 29.7. The number of hydrogen-bond donors (Lipinski definition) is 2. The van der Waals surface area contributed by atoms with Crippen LogP contribution < -0.4 is 28.4 Å². The molecule has 0 spiro atoms. The Hall–Kier alpha value is -4.50. The molecule has 2 N–H and O–H groups in total. The van der Waals surface area contributed by atoms with E-state index in [-0.39, 0.29) is 111 Å². The molecular weight excluding hydrogens is 559 g/mol. The molecule has 2 heterocycles. The second kappa shape index (κ2) is 14.9. The highest BCUT2D eigenvalue weighted by molar-refractivity contribution is 6.09. The number of hydrogen-bond acceptors (Lipinski definition) is 14. The molecule has 0 aromatic heterocycles. The number of phenols is 2. The summed E-state index contributed by atoms with van der Waals surface area (Å²) in [6.45, 7) is 4.58. The zero-order valence-electron chi connectivity index (χ0n) is 23.2. The third kappa shape index (κ3) is 6.69. The van der Waals surface area contributed by atoms with Crippen LogP contribution in [0.25, 0.3) is 0 Å². The van der Waals surface area contributed by atoms with Crippen LogP contribution in [0, 0.1) is 0 Å². The first-order valence-corrected chi connectivity index (χ1v) is 11.6. The van der Waals surface area contributed by atoms with E-state index in [9.17, 15) is 29.4 Å². The molecule has 3 radical (unpaired) electrons. The minimum absolute atomic E-state index is 0. The summed E-state index contributed by atoms with van der Waals surface area (Å²) >= 11 is 0. The number of Topliss-reactive ketones (excluding diaryl/α,β-unsaturated/α-hetero) is 4. The molecule has 42 heavy (non-hydrogen) atoms. The molecule has 0 saturated heterocycles. The minimum Gasteiger partial charge on any atom is -0.504 e. The van der Waals surface area contributed by atoms with E-state index in [4.69, 9.17) is 37.9 Å². The van der Waals surface area contributed by atoms with E-state index in [1.54, 1.807) is 0 Å². The lowest BCUT2D eigenvalue weighted by molar-refractivity contribution is 0.0309. The molecule has 0 amide bonds. The van der Waals surface area contributed by atoms with Crippen LogP contribution in [0.4, 0.5) is 0 Å². The molecule has 4 rings (SSSR count). The van der Waals surface area contributed by atoms with Gasteiger partial charge in [-0.25, -0.2) is 0 Å². The van der Waals surface area contributed by atoms with Gasteiger partial charge in [0.2, 0.25) is 13.6 Å². The summed E-state index contributed by atoms with van der Waals surface area (Å²) < 4.78 is 41.5. The Morgan fingerprint density at radius 2 is 0.857 bits per heavy atom. The standard InChI is InChI=1S/C15H18O8.C11H10O6.CH4.B/c1-8(16)10-12(20-5-18-3)13(21-6-19-4)11(9(2)17)15-14(10)22-7-23-15;1-4(12)6-8(14)9(15)7(5(2)13)11-10(6)16-3-17-11;;/h5-7H2,1-4H3;14-15H,3H2,1-2H3;1H4;. The second-order valence-electron chi connectivity index (χ2n) is 8.31. The Bertz CT molecular complexity index is 1270. The molecule has 0 saturated carbocycles. The normalized spacial score (nSPS) is 11.8. The van der Waals surface area contributed by atoms with E-state index < -0.39 is 23.1 Å². The number of methoxy groups -OCH3 is 2. The van der Waals surface area contributed by atoms with E-state index in [0.717, 1.165) is 0 Å². The van der Waals surface area contributed by atoms with Crippen molar-refractivity contribution in [3.63, 3.8) is 0 Å². The van der Waals surface area contributed by atoms with Crippen molar-refractivity contribution >= 4 is 31.5 Å². The zero-order valence-corrected chi connectivity index (χ0v) is 23.2. The van der Waals surface area contributed by atoms with Gasteiger partial charge in [0, 0.05) is 22.6 Å². The Labute approximate surface area is 243 Å². The van der Waals surface area contributed by atoms with Gasteiger partial charge in [0.25, 0.3) is 0 Å². The minimum atomic E-state index is -0.660. The number of ketones is 4. The molecule has 2 aromatic rings. The predicted octanol–water partition coefficient (Wildman–Crippen LogP) is 3.27. The van der Waals surface area contributed by atoms with Crippen LogP contribution in [-0.4, -0.2) is 83.2 Å². The van der Waals surface area contributed by atoms with Crippen LogP contribution in [0.3, 0.4) is 0 Å². The molecular formula is C27H32BO14. The molecule has 2 aromatic carbocycles. The summed E-state index contributed by atoms with van der Waals surface area (Å²) in [6, 6.07) is 0. The van der Waals surface area contributed by atoms with Crippen molar-refractivity contribution in [2.24, 2.45) is 0 Å². The van der Waals surface area contributed by atoms with Gasteiger partial charge in [0.1, 0.15) is 22.3 Å². The summed E-state index contributed by atoms with van der Waals surface area (Å²) in [5, 5.41) is 19.4. The fraction of sp³-hybridized carbons (Fsp3) is 0.407. The van der Waals surface area contributed by atoms with E-state index in [1.165, 1.54) is 41.9 Å². The van der Waals surface area contributed by atoms with Crippen molar-refractivity contribution in [3.05, 3.63) is 22.3 Å². The first-order valence-electron chi connectivity index (χ1n) is 11.6.